The van der Waals surface area contributed by atoms with Crippen LogP contribution in [-0.4, -0.2) is 13.2 Å². The van der Waals surface area contributed by atoms with Crippen LogP contribution in [0.5, 0.6) is 0 Å². The van der Waals surface area contributed by atoms with Gasteiger partial charge in [-0.1, -0.05) is 69.2 Å². The summed E-state index contributed by atoms with van der Waals surface area (Å²) in [6.07, 6.45) is 2.56. The molecule has 0 N–H and O–H groups in total. The van der Waals surface area contributed by atoms with E-state index in [1.165, 1.54) is 72.0 Å². The molecule has 2 saturated carbocycles. The molecule has 0 bridgehead atoms. The van der Waals surface area contributed by atoms with Crippen molar-refractivity contribution in [1.82, 2.24) is 0 Å². The molecule has 10 radical (unpaired) electrons. The van der Waals surface area contributed by atoms with E-state index in [0.29, 0.717) is 0 Å². The molecule has 0 unspecified atom stereocenters. The average Bonchev–Trinajstić information content (AvgIpc) is 3.29. The first kappa shape index (κ1) is 27.5. The fourth-order valence-corrected chi connectivity index (χ4v) is 3.32. The molecule has 0 spiro atoms. The van der Waals surface area contributed by atoms with Crippen molar-refractivity contribution in [2.24, 2.45) is 0 Å². The van der Waals surface area contributed by atoms with Crippen molar-refractivity contribution in [2.75, 3.05) is 13.2 Å². The minimum Gasteiger partial charge on any atom is -0.381 e. The molecule has 26 heavy (non-hydrogen) atoms. The molecule has 1 aliphatic heterocycles. The molecule has 1 saturated heterocycles. The summed E-state index contributed by atoms with van der Waals surface area (Å²) in [4.78, 5) is 0. The molecular weight excluding hydrogens is 477 g/mol. The van der Waals surface area contributed by atoms with E-state index < -0.39 is 0 Å². The van der Waals surface area contributed by atoms with Gasteiger partial charge in [0.15, 0.2) is 0 Å². The molecule has 1 nitrogen and oxygen atoms in total. The predicted molar refractivity (Wildman–Crippen MR) is 109 cm³/mol. The SMILES string of the molecule is C1CCOC1.C[C]1[C](C)[C](C)[C](C)[C]1C.C[C]1[C](C)[C](C)[C](C)[C]1C.[Yb]. The van der Waals surface area contributed by atoms with Gasteiger partial charge in [-0.25, -0.2) is 0 Å². The molecular formula is C24H38OYb. The van der Waals surface area contributed by atoms with Crippen LogP contribution in [0, 0.1) is 106 Å². The Labute approximate surface area is 204 Å². The first-order valence-electron chi connectivity index (χ1n) is 9.58. The van der Waals surface area contributed by atoms with Crippen molar-refractivity contribution in [3.8, 4) is 0 Å². The van der Waals surface area contributed by atoms with Crippen molar-refractivity contribution >= 4 is 0 Å². The topological polar surface area (TPSA) is 9.23 Å². The fraction of sp³-hybridized carbons (Fsp3) is 0.583. The molecule has 2 heteroatoms. The minimum absolute atomic E-state index is 0. The van der Waals surface area contributed by atoms with Gasteiger partial charge in [-0.15, -0.1) is 0 Å². The summed E-state index contributed by atoms with van der Waals surface area (Å²) in [5.74, 6) is 14.7. The second kappa shape index (κ2) is 12.9. The van der Waals surface area contributed by atoms with Crippen LogP contribution in [0.25, 0.3) is 0 Å². The molecule has 2 aliphatic carbocycles. The van der Waals surface area contributed by atoms with Gasteiger partial charge in [0.2, 0.25) is 0 Å². The van der Waals surface area contributed by atoms with Crippen molar-refractivity contribution in [3.05, 3.63) is 59.2 Å². The predicted octanol–water partition coefficient (Wildman–Crippen LogP) is 6.74. The van der Waals surface area contributed by atoms with Crippen molar-refractivity contribution in [2.45, 2.75) is 82.1 Å². The first-order chi connectivity index (χ1) is 11.6. The molecule has 3 rings (SSSR count). The number of hydrogen-bond acceptors (Lipinski definition) is 1. The van der Waals surface area contributed by atoms with E-state index in [2.05, 4.69) is 69.2 Å². The molecule has 3 aliphatic rings. The molecule has 0 amide bonds. The Hall–Kier alpha value is 1.48. The van der Waals surface area contributed by atoms with E-state index in [9.17, 15) is 0 Å². The Morgan fingerprint density at radius 2 is 0.538 bits per heavy atom. The van der Waals surface area contributed by atoms with Crippen LogP contribution < -0.4 is 0 Å². The quantitative estimate of drug-likeness (QED) is 0.347. The Morgan fingerprint density at radius 1 is 0.385 bits per heavy atom. The number of rotatable bonds is 0. The van der Waals surface area contributed by atoms with E-state index in [-0.39, 0.29) is 46.9 Å². The van der Waals surface area contributed by atoms with E-state index in [1.807, 2.05) is 0 Å². The van der Waals surface area contributed by atoms with Crippen molar-refractivity contribution in [3.63, 3.8) is 0 Å². The van der Waals surface area contributed by atoms with Crippen molar-refractivity contribution in [1.29, 1.82) is 0 Å². The third kappa shape index (κ3) is 7.07. The molecule has 154 valence electrons. The van der Waals surface area contributed by atoms with E-state index in [0.717, 1.165) is 13.2 Å². The third-order valence-electron chi connectivity index (χ3n) is 6.45. The van der Waals surface area contributed by atoms with Gasteiger partial charge in [0, 0.05) is 60.1 Å². The van der Waals surface area contributed by atoms with Crippen LogP contribution in [0.15, 0.2) is 0 Å². The molecule has 0 aromatic heterocycles. The largest absolute Gasteiger partial charge is 0.381 e. The monoisotopic (exact) mass is 516 g/mol. The fourth-order valence-electron chi connectivity index (χ4n) is 3.32. The minimum atomic E-state index is 0. The standard InChI is InChI=1S/2C10H15.C4H8O.Yb/c2*1-6-7(2)9(4)10(5)8(6)3;1-2-4-5-3-1;/h2*1-5H3;1-4H2;. The average molecular weight is 516 g/mol. The zero-order valence-electron chi connectivity index (χ0n) is 18.5. The van der Waals surface area contributed by atoms with E-state index in [4.69, 9.17) is 4.74 Å². The van der Waals surface area contributed by atoms with Gasteiger partial charge in [0.25, 0.3) is 0 Å². The summed E-state index contributed by atoms with van der Waals surface area (Å²) in [5.41, 5.74) is 0. The van der Waals surface area contributed by atoms with Gasteiger partial charge < -0.3 is 4.74 Å². The van der Waals surface area contributed by atoms with Gasteiger partial charge in [0.1, 0.15) is 0 Å². The van der Waals surface area contributed by atoms with Gasteiger partial charge in [0.05, 0.1) is 0 Å². The van der Waals surface area contributed by atoms with Crippen LogP contribution in [0.4, 0.5) is 0 Å². The Balaban J connectivity index is 0.000000372. The Morgan fingerprint density at radius 3 is 0.615 bits per heavy atom. The van der Waals surface area contributed by atoms with Crippen LogP contribution in [0.3, 0.4) is 0 Å². The van der Waals surface area contributed by atoms with Crippen LogP contribution in [-0.2, 0) is 4.74 Å². The van der Waals surface area contributed by atoms with Gasteiger partial charge in [-0.3, -0.25) is 0 Å². The van der Waals surface area contributed by atoms with Gasteiger partial charge >= 0.3 is 0 Å². The summed E-state index contributed by atoms with van der Waals surface area (Å²) < 4.78 is 4.94. The summed E-state index contributed by atoms with van der Waals surface area (Å²) in [6.45, 7) is 24.0. The summed E-state index contributed by atoms with van der Waals surface area (Å²) in [5, 5.41) is 0. The van der Waals surface area contributed by atoms with Gasteiger partial charge in [-0.2, -0.15) is 0 Å². The molecule has 0 atom stereocenters. The molecule has 0 aromatic carbocycles. The first-order valence-corrected chi connectivity index (χ1v) is 9.58. The summed E-state index contributed by atoms with van der Waals surface area (Å²) in [6, 6.07) is 0. The normalized spacial score (nSPS) is 26.5. The van der Waals surface area contributed by atoms with E-state index >= 15 is 0 Å². The maximum absolute atomic E-state index is 4.94. The van der Waals surface area contributed by atoms with E-state index in [1.54, 1.807) is 0 Å². The molecule has 0 aromatic rings. The maximum Gasteiger partial charge on any atom is 0.0466 e. The maximum atomic E-state index is 4.94. The zero-order valence-corrected chi connectivity index (χ0v) is 20.2. The smallest absolute Gasteiger partial charge is 0.0466 e. The van der Waals surface area contributed by atoms with Crippen LogP contribution >= 0.6 is 0 Å². The number of hydrogen-bond donors (Lipinski definition) is 0. The summed E-state index contributed by atoms with van der Waals surface area (Å²) >= 11 is 0. The Bertz CT molecular complexity index is 240. The second-order valence-electron chi connectivity index (χ2n) is 7.57. The number of ether oxygens (including phenoxy) is 1. The van der Waals surface area contributed by atoms with Crippen LogP contribution in [0.2, 0.25) is 0 Å². The molecule has 3 fully saturated rings. The molecule has 1 heterocycles. The third-order valence-corrected chi connectivity index (χ3v) is 6.45. The zero-order chi connectivity index (χ0) is 19.3. The van der Waals surface area contributed by atoms with Crippen LogP contribution in [0.1, 0.15) is 82.1 Å². The second-order valence-corrected chi connectivity index (χ2v) is 7.57. The van der Waals surface area contributed by atoms with Gasteiger partial charge in [-0.05, 0) is 72.0 Å². The van der Waals surface area contributed by atoms with Crippen molar-refractivity contribution < 1.29 is 51.7 Å². The summed E-state index contributed by atoms with van der Waals surface area (Å²) in [7, 11) is 0. The Kier molecular flexibility index (Phi) is 13.7.